The van der Waals surface area contributed by atoms with E-state index >= 15 is 0 Å². The molecule has 2 aromatic carbocycles. The second-order valence-corrected chi connectivity index (χ2v) is 7.78. The molecule has 1 aromatic heterocycles. The van der Waals surface area contributed by atoms with Crippen molar-refractivity contribution in [2.75, 3.05) is 0 Å². The fourth-order valence-electron chi connectivity index (χ4n) is 3.10. The maximum absolute atomic E-state index is 12.0. The van der Waals surface area contributed by atoms with Gasteiger partial charge in [-0.2, -0.15) is 0 Å². The molecule has 0 aliphatic heterocycles. The van der Waals surface area contributed by atoms with Crippen LogP contribution in [0.25, 0.3) is 11.0 Å². The Kier molecular flexibility index (Phi) is 4.52. The Balaban J connectivity index is 2.26. The summed E-state index contributed by atoms with van der Waals surface area (Å²) in [6.45, 7) is 6.42. The summed E-state index contributed by atoms with van der Waals surface area (Å²) >= 11 is 6.50. The van der Waals surface area contributed by atoms with Crippen LogP contribution < -0.4 is 5.73 Å². The maximum Gasteiger partial charge on any atom is 0.249 e. The number of nitrogens with zero attached hydrogens (tertiary/aromatic N) is 3. The average Bonchev–Trinajstić information content (AvgIpc) is 2.95. The van der Waals surface area contributed by atoms with E-state index in [2.05, 4.69) is 31.1 Å². The molecule has 2 N–H and O–H groups in total. The van der Waals surface area contributed by atoms with E-state index in [1.54, 1.807) is 18.2 Å². The van der Waals surface area contributed by atoms with Gasteiger partial charge in [0.1, 0.15) is 5.52 Å². The highest BCUT2D eigenvalue weighted by molar-refractivity contribution is 6.32. The number of carbonyl (C=O) groups is 1. The number of rotatable bonds is 4. The predicted octanol–water partition coefficient (Wildman–Crippen LogP) is 4.21. The van der Waals surface area contributed by atoms with E-state index < -0.39 is 5.91 Å². The fourth-order valence-corrected chi connectivity index (χ4v) is 3.40. The Morgan fingerprint density at radius 1 is 1.20 bits per heavy atom. The lowest BCUT2D eigenvalue weighted by molar-refractivity contribution is 0.0998. The van der Waals surface area contributed by atoms with E-state index in [0.29, 0.717) is 16.1 Å². The lowest BCUT2D eigenvalue weighted by atomic mass is 9.84. The van der Waals surface area contributed by atoms with E-state index in [4.69, 9.17) is 17.3 Å². The number of primary amides is 1. The summed E-state index contributed by atoms with van der Waals surface area (Å²) in [5.74, 6) is -0.499. The van der Waals surface area contributed by atoms with Crippen molar-refractivity contribution >= 4 is 28.5 Å². The fraction of sp³-hybridized carbons (Fsp3) is 0.316. The van der Waals surface area contributed by atoms with E-state index in [0.717, 1.165) is 17.5 Å². The molecule has 0 aliphatic carbocycles. The Labute approximate surface area is 151 Å². The summed E-state index contributed by atoms with van der Waals surface area (Å²) < 4.78 is 1.84. The number of aromatic nitrogens is 3. The summed E-state index contributed by atoms with van der Waals surface area (Å²) in [7, 11) is 0. The van der Waals surface area contributed by atoms with Crippen LogP contribution in [0.3, 0.4) is 0 Å². The van der Waals surface area contributed by atoms with Gasteiger partial charge in [0.2, 0.25) is 5.91 Å². The molecule has 0 spiro atoms. The van der Waals surface area contributed by atoms with Crippen molar-refractivity contribution < 1.29 is 4.79 Å². The van der Waals surface area contributed by atoms with E-state index in [9.17, 15) is 4.79 Å². The summed E-state index contributed by atoms with van der Waals surface area (Å²) in [4.78, 5) is 12.0. The van der Waals surface area contributed by atoms with Crippen molar-refractivity contribution in [3.8, 4) is 0 Å². The molecule has 0 fully saturated rings. The molecule has 0 radical (unpaired) electrons. The van der Waals surface area contributed by atoms with Gasteiger partial charge in [-0.25, -0.2) is 4.68 Å². The van der Waals surface area contributed by atoms with Crippen molar-refractivity contribution in [2.45, 2.75) is 33.2 Å². The topological polar surface area (TPSA) is 73.8 Å². The number of carbonyl (C=O) groups excluding carboxylic acids is 1. The summed E-state index contributed by atoms with van der Waals surface area (Å²) in [6.07, 6.45) is 0.727. The third-order valence-electron chi connectivity index (χ3n) is 4.13. The van der Waals surface area contributed by atoms with Crippen LogP contribution >= 0.6 is 11.6 Å². The number of halogens is 1. The van der Waals surface area contributed by atoms with Gasteiger partial charge in [0, 0.05) is 16.1 Å². The molecule has 1 heterocycles. The molecule has 130 valence electrons. The van der Waals surface area contributed by atoms with Gasteiger partial charge < -0.3 is 5.73 Å². The minimum Gasteiger partial charge on any atom is -0.366 e. The van der Waals surface area contributed by atoms with Crippen molar-refractivity contribution in [2.24, 2.45) is 11.1 Å². The highest BCUT2D eigenvalue weighted by Gasteiger charge is 2.29. The highest BCUT2D eigenvalue weighted by Crippen LogP contribution is 2.38. The Morgan fingerprint density at radius 3 is 2.60 bits per heavy atom. The number of benzene rings is 2. The van der Waals surface area contributed by atoms with Gasteiger partial charge in [0.15, 0.2) is 0 Å². The summed E-state index contributed by atoms with van der Waals surface area (Å²) in [5, 5.41) is 9.11. The number of nitrogens with two attached hydrogens (primary N) is 1. The first-order valence-corrected chi connectivity index (χ1v) is 8.54. The van der Waals surface area contributed by atoms with Crippen LogP contribution in [0, 0.1) is 5.41 Å². The molecule has 0 bridgehead atoms. The first-order valence-electron chi connectivity index (χ1n) is 8.16. The molecule has 1 atom stereocenters. The predicted molar refractivity (Wildman–Crippen MR) is 99.7 cm³/mol. The van der Waals surface area contributed by atoms with Gasteiger partial charge in [-0.05, 0) is 36.1 Å². The number of fused-ring (bicyclic) bond motifs is 1. The molecule has 25 heavy (non-hydrogen) atoms. The van der Waals surface area contributed by atoms with E-state index in [1.807, 2.05) is 28.9 Å². The molecular formula is C19H21ClN4O. The van der Waals surface area contributed by atoms with Crippen molar-refractivity contribution in [1.29, 1.82) is 0 Å². The minimum absolute atomic E-state index is 0.0220. The Hall–Kier alpha value is -2.40. The Bertz CT molecular complexity index is 927. The van der Waals surface area contributed by atoms with E-state index in [1.165, 1.54) is 0 Å². The monoisotopic (exact) mass is 356 g/mol. The zero-order chi connectivity index (χ0) is 18.2. The molecule has 6 heteroatoms. The highest BCUT2D eigenvalue weighted by atomic mass is 35.5. The van der Waals surface area contributed by atoms with Crippen LogP contribution in [0.4, 0.5) is 0 Å². The molecule has 0 saturated heterocycles. The molecule has 0 saturated carbocycles. The number of para-hydroxylation sites is 1. The van der Waals surface area contributed by atoms with Crippen molar-refractivity contribution in [3.63, 3.8) is 0 Å². The Morgan fingerprint density at radius 2 is 1.92 bits per heavy atom. The van der Waals surface area contributed by atoms with Crippen LogP contribution in [0.2, 0.25) is 5.02 Å². The third kappa shape index (κ3) is 3.51. The second-order valence-electron chi connectivity index (χ2n) is 7.37. The molecule has 1 amide bonds. The quantitative estimate of drug-likeness (QED) is 0.760. The third-order valence-corrected chi connectivity index (χ3v) is 4.46. The van der Waals surface area contributed by atoms with Crippen LogP contribution in [0.1, 0.15) is 49.2 Å². The van der Waals surface area contributed by atoms with Gasteiger partial charge >= 0.3 is 0 Å². The lowest BCUT2D eigenvalue weighted by Gasteiger charge is -2.28. The van der Waals surface area contributed by atoms with Crippen LogP contribution in [-0.4, -0.2) is 20.9 Å². The minimum atomic E-state index is -0.499. The molecule has 3 aromatic rings. The molecule has 1 unspecified atom stereocenters. The number of hydrogen-bond donors (Lipinski definition) is 1. The summed E-state index contributed by atoms with van der Waals surface area (Å²) in [6, 6.07) is 12.7. The summed E-state index contributed by atoms with van der Waals surface area (Å²) in [5.41, 5.74) is 8.40. The van der Waals surface area contributed by atoms with Crippen molar-refractivity contribution in [3.05, 3.63) is 58.6 Å². The van der Waals surface area contributed by atoms with Crippen LogP contribution in [-0.2, 0) is 0 Å². The normalized spacial score (nSPS) is 13.1. The van der Waals surface area contributed by atoms with Crippen LogP contribution in [0.15, 0.2) is 42.5 Å². The first kappa shape index (κ1) is 17.4. The molecule has 3 rings (SSSR count). The molecule has 0 aliphatic rings. The first-order chi connectivity index (χ1) is 11.8. The van der Waals surface area contributed by atoms with Gasteiger partial charge in [-0.15, -0.1) is 5.10 Å². The molecule has 5 nitrogen and oxygen atoms in total. The van der Waals surface area contributed by atoms with Gasteiger partial charge in [-0.3, -0.25) is 4.79 Å². The van der Waals surface area contributed by atoms with E-state index in [-0.39, 0.29) is 11.5 Å². The maximum atomic E-state index is 12.0. The zero-order valence-electron chi connectivity index (χ0n) is 14.5. The molecular weight excluding hydrogens is 336 g/mol. The van der Waals surface area contributed by atoms with Gasteiger partial charge in [-0.1, -0.05) is 55.8 Å². The smallest absolute Gasteiger partial charge is 0.249 e. The SMILES string of the molecule is CC(C)(C)CC(c1c(Cl)cccc1C(N)=O)n1nnc2ccccc21. The van der Waals surface area contributed by atoms with Gasteiger partial charge in [0.25, 0.3) is 0 Å². The van der Waals surface area contributed by atoms with Gasteiger partial charge in [0.05, 0.1) is 11.6 Å². The standard InChI is InChI=1S/C19H21ClN4O/c1-19(2,3)11-16(17-12(18(21)25)7-6-8-13(17)20)24-15-10-5-4-9-14(15)22-23-24/h4-10,16H,11H2,1-3H3,(H2,21,25). The number of hydrogen-bond acceptors (Lipinski definition) is 3. The van der Waals surface area contributed by atoms with Crippen molar-refractivity contribution in [1.82, 2.24) is 15.0 Å². The largest absolute Gasteiger partial charge is 0.366 e. The zero-order valence-corrected chi connectivity index (χ0v) is 15.3. The average molecular weight is 357 g/mol. The lowest BCUT2D eigenvalue weighted by Crippen LogP contribution is -2.24. The number of amides is 1. The second kappa shape index (κ2) is 6.48. The van der Waals surface area contributed by atoms with Crippen LogP contribution in [0.5, 0.6) is 0 Å².